The molecule has 2 aromatic rings. The number of carbonyl (C=O) groups excluding carboxylic acids is 1. The van der Waals surface area contributed by atoms with Gasteiger partial charge in [0.25, 0.3) is 0 Å². The van der Waals surface area contributed by atoms with Crippen molar-refractivity contribution in [2.24, 2.45) is 11.7 Å². The molecule has 0 radical (unpaired) electrons. The van der Waals surface area contributed by atoms with Crippen molar-refractivity contribution < 1.29 is 4.79 Å². The molecule has 0 aliphatic rings. The van der Waals surface area contributed by atoms with E-state index in [1.54, 1.807) is 18.3 Å². The van der Waals surface area contributed by atoms with E-state index < -0.39 is 6.04 Å². The van der Waals surface area contributed by atoms with Gasteiger partial charge in [0, 0.05) is 11.9 Å². The third-order valence-corrected chi connectivity index (χ3v) is 3.12. The molecule has 0 spiro atoms. The van der Waals surface area contributed by atoms with Crippen LogP contribution < -0.4 is 16.4 Å². The van der Waals surface area contributed by atoms with E-state index in [1.165, 1.54) is 0 Å². The van der Waals surface area contributed by atoms with Gasteiger partial charge in [-0.1, -0.05) is 32.0 Å². The average molecular weight is 284 g/mol. The zero-order valence-corrected chi connectivity index (χ0v) is 12.2. The van der Waals surface area contributed by atoms with Gasteiger partial charge in [-0.25, -0.2) is 4.98 Å². The second-order valence-corrected chi connectivity index (χ2v) is 5.15. The highest BCUT2D eigenvalue weighted by Gasteiger charge is 2.18. The highest BCUT2D eigenvalue weighted by Crippen LogP contribution is 2.22. The molecule has 1 aromatic carbocycles. The highest BCUT2D eigenvalue weighted by molar-refractivity contribution is 5.97. The van der Waals surface area contributed by atoms with Crippen molar-refractivity contribution >= 4 is 23.1 Å². The minimum atomic E-state index is -0.546. The van der Waals surface area contributed by atoms with Crippen LogP contribution in [0.2, 0.25) is 0 Å². The Labute approximate surface area is 124 Å². The lowest BCUT2D eigenvalue weighted by Gasteiger charge is -2.17. The lowest BCUT2D eigenvalue weighted by molar-refractivity contribution is -0.118. The topological polar surface area (TPSA) is 80.0 Å². The van der Waals surface area contributed by atoms with Crippen molar-refractivity contribution in [2.45, 2.75) is 19.9 Å². The van der Waals surface area contributed by atoms with Crippen molar-refractivity contribution in [3.8, 4) is 0 Å². The first-order valence-electron chi connectivity index (χ1n) is 6.91. The second-order valence-electron chi connectivity index (χ2n) is 5.15. The van der Waals surface area contributed by atoms with Gasteiger partial charge in [0.2, 0.25) is 5.91 Å². The molecule has 0 aliphatic carbocycles. The van der Waals surface area contributed by atoms with Crippen LogP contribution in [0.5, 0.6) is 0 Å². The smallest absolute Gasteiger partial charge is 0.241 e. The van der Waals surface area contributed by atoms with E-state index in [0.29, 0.717) is 11.5 Å². The van der Waals surface area contributed by atoms with E-state index in [2.05, 4.69) is 15.6 Å². The number of rotatable bonds is 5. The van der Waals surface area contributed by atoms with Gasteiger partial charge in [0.15, 0.2) is 5.82 Å². The van der Waals surface area contributed by atoms with Crippen LogP contribution in [-0.4, -0.2) is 16.9 Å². The van der Waals surface area contributed by atoms with Crippen LogP contribution in [-0.2, 0) is 4.79 Å². The number of pyridine rings is 1. The quantitative estimate of drug-likeness (QED) is 0.788. The molecule has 110 valence electrons. The Morgan fingerprint density at radius 1 is 1.14 bits per heavy atom. The Balaban J connectivity index is 2.16. The number of benzene rings is 1. The fourth-order valence-electron chi connectivity index (χ4n) is 1.78. The molecule has 1 amide bonds. The predicted molar refractivity (Wildman–Crippen MR) is 85.4 cm³/mol. The molecular weight excluding hydrogens is 264 g/mol. The van der Waals surface area contributed by atoms with Gasteiger partial charge in [0.05, 0.1) is 11.7 Å². The molecule has 21 heavy (non-hydrogen) atoms. The highest BCUT2D eigenvalue weighted by atomic mass is 16.2. The van der Waals surface area contributed by atoms with Crippen molar-refractivity contribution in [1.82, 2.24) is 4.98 Å². The molecule has 0 saturated carbocycles. The molecule has 1 heterocycles. The molecule has 4 N–H and O–H groups in total. The van der Waals surface area contributed by atoms with Crippen molar-refractivity contribution in [3.05, 3.63) is 48.7 Å². The second kappa shape index (κ2) is 6.85. The zero-order chi connectivity index (χ0) is 15.2. The molecule has 5 nitrogen and oxygen atoms in total. The molecule has 0 fully saturated rings. The SMILES string of the molecule is CC(C)[C@H](N)C(=O)Nc1cccnc1Nc1ccccc1. The minimum Gasteiger partial charge on any atom is -0.339 e. The van der Waals surface area contributed by atoms with Crippen LogP contribution in [0.3, 0.4) is 0 Å². The van der Waals surface area contributed by atoms with Crippen molar-refractivity contribution in [3.63, 3.8) is 0 Å². The van der Waals surface area contributed by atoms with Gasteiger partial charge in [-0.2, -0.15) is 0 Å². The van der Waals surface area contributed by atoms with Crippen LogP contribution in [0.25, 0.3) is 0 Å². The van der Waals surface area contributed by atoms with Gasteiger partial charge in [-0.15, -0.1) is 0 Å². The predicted octanol–water partition coefficient (Wildman–Crippen LogP) is 2.75. The van der Waals surface area contributed by atoms with Crippen LogP contribution in [0, 0.1) is 5.92 Å². The molecular formula is C16H20N4O. The zero-order valence-electron chi connectivity index (χ0n) is 12.2. The lowest BCUT2D eigenvalue weighted by atomic mass is 10.1. The number of hydrogen-bond donors (Lipinski definition) is 3. The number of amides is 1. The fourth-order valence-corrected chi connectivity index (χ4v) is 1.78. The number of aromatic nitrogens is 1. The molecule has 1 atom stereocenters. The Hall–Kier alpha value is -2.40. The maximum absolute atomic E-state index is 12.1. The number of nitrogens with zero attached hydrogens (tertiary/aromatic N) is 1. The number of hydrogen-bond acceptors (Lipinski definition) is 4. The normalized spacial score (nSPS) is 12.0. The van der Waals surface area contributed by atoms with Gasteiger partial charge >= 0.3 is 0 Å². The fraction of sp³-hybridized carbons (Fsp3) is 0.250. The summed E-state index contributed by atoms with van der Waals surface area (Å²) in [6.45, 7) is 3.83. The summed E-state index contributed by atoms with van der Waals surface area (Å²) in [6, 6.07) is 12.7. The maximum atomic E-state index is 12.1. The standard InChI is InChI=1S/C16H20N4O/c1-11(2)14(17)16(21)20-13-9-6-10-18-15(13)19-12-7-4-3-5-8-12/h3-11,14H,17H2,1-2H3,(H,18,19)(H,20,21)/t14-/m0/s1. The number of nitrogens with one attached hydrogen (secondary N) is 2. The largest absolute Gasteiger partial charge is 0.339 e. The average Bonchev–Trinajstić information content (AvgIpc) is 2.49. The summed E-state index contributed by atoms with van der Waals surface area (Å²) in [6.07, 6.45) is 1.67. The minimum absolute atomic E-state index is 0.0761. The van der Waals surface area contributed by atoms with Gasteiger partial charge < -0.3 is 16.4 Å². The maximum Gasteiger partial charge on any atom is 0.241 e. The van der Waals surface area contributed by atoms with Crippen molar-refractivity contribution in [2.75, 3.05) is 10.6 Å². The summed E-state index contributed by atoms with van der Waals surface area (Å²) in [5.41, 5.74) is 7.37. The van der Waals surface area contributed by atoms with E-state index in [0.717, 1.165) is 5.69 Å². The number of nitrogens with two attached hydrogens (primary N) is 1. The molecule has 1 aromatic heterocycles. The van der Waals surface area contributed by atoms with E-state index in [9.17, 15) is 4.79 Å². The molecule has 0 aliphatic heterocycles. The van der Waals surface area contributed by atoms with Gasteiger partial charge in [-0.05, 0) is 30.2 Å². The first kappa shape index (κ1) is 15.0. The Morgan fingerprint density at radius 2 is 1.86 bits per heavy atom. The first-order valence-corrected chi connectivity index (χ1v) is 6.91. The molecule has 2 rings (SSSR count). The van der Waals surface area contributed by atoms with E-state index in [1.807, 2.05) is 44.2 Å². The van der Waals surface area contributed by atoms with E-state index in [4.69, 9.17) is 5.73 Å². The van der Waals surface area contributed by atoms with Crippen LogP contribution in [0.4, 0.5) is 17.2 Å². The van der Waals surface area contributed by atoms with Crippen LogP contribution >= 0.6 is 0 Å². The van der Waals surface area contributed by atoms with E-state index >= 15 is 0 Å². The first-order chi connectivity index (χ1) is 10.1. The number of para-hydroxylation sites is 1. The Bertz CT molecular complexity index is 598. The molecule has 0 bridgehead atoms. The summed E-state index contributed by atoms with van der Waals surface area (Å²) in [5, 5.41) is 6.00. The number of anilines is 3. The summed E-state index contributed by atoms with van der Waals surface area (Å²) in [7, 11) is 0. The summed E-state index contributed by atoms with van der Waals surface area (Å²) in [4.78, 5) is 16.3. The van der Waals surface area contributed by atoms with E-state index in [-0.39, 0.29) is 11.8 Å². The number of carbonyl (C=O) groups is 1. The van der Waals surface area contributed by atoms with Crippen LogP contribution in [0.1, 0.15) is 13.8 Å². The lowest BCUT2D eigenvalue weighted by Crippen LogP contribution is -2.39. The molecule has 0 saturated heterocycles. The molecule has 0 unspecified atom stereocenters. The van der Waals surface area contributed by atoms with Crippen molar-refractivity contribution in [1.29, 1.82) is 0 Å². The Kier molecular flexibility index (Phi) is 4.90. The third kappa shape index (κ3) is 4.03. The Morgan fingerprint density at radius 3 is 2.52 bits per heavy atom. The monoisotopic (exact) mass is 284 g/mol. The summed E-state index contributed by atoms with van der Waals surface area (Å²) >= 11 is 0. The van der Waals surface area contributed by atoms with Gasteiger partial charge in [0.1, 0.15) is 0 Å². The summed E-state index contributed by atoms with van der Waals surface area (Å²) < 4.78 is 0. The van der Waals surface area contributed by atoms with Gasteiger partial charge in [-0.3, -0.25) is 4.79 Å². The molecule has 5 heteroatoms. The summed E-state index contributed by atoms with van der Waals surface area (Å²) in [5.74, 6) is 0.453. The van der Waals surface area contributed by atoms with Crippen LogP contribution in [0.15, 0.2) is 48.7 Å². The third-order valence-electron chi connectivity index (χ3n) is 3.12.